The van der Waals surface area contributed by atoms with E-state index in [-0.39, 0.29) is 6.61 Å². The topological polar surface area (TPSA) is 87.3 Å². The van der Waals surface area contributed by atoms with Crippen molar-refractivity contribution in [1.82, 2.24) is 15.1 Å². The van der Waals surface area contributed by atoms with Crippen LogP contribution >= 0.6 is 0 Å². The Kier molecular flexibility index (Phi) is 4.51. The molecule has 0 aliphatic heterocycles. The lowest BCUT2D eigenvalue weighted by Gasteiger charge is -2.06. The van der Waals surface area contributed by atoms with Crippen molar-refractivity contribution in [2.24, 2.45) is 0 Å². The molecule has 0 saturated carbocycles. The third-order valence-corrected chi connectivity index (χ3v) is 3.46. The van der Waals surface area contributed by atoms with Crippen LogP contribution in [-0.2, 0) is 6.61 Å². The summed E-state index contributed by atoms with van der Waals surface area (Å²) < 4.78 is 16.0. The zero-order chi connectivity index (χ0) is 16.9. The highest BCUT2D eigenvalue weighted by Gasteiger charge is 2.16. The Balaban J connectivity index is 1.79. The molecule has 0 aliphatic carbocycles. The fourth-order valence-corrected chi connectivity index (χ4v) is 2.12. The summed E-state index contributed by atoms with van der Waals surface area (Å²) in [5.41, 5.74) is 2.76. The Bertz CT molecular complexity index is 826. The van der Waals surface area contributed by atoms with Crippen molar-refractivity contribution in [3.05, 3.63) is 53.5 Å². The lowest BCUT2D eigenvalue weighted by molar-refractivity contribution is 0.112. The normalized spacial score (nSPS) is 10.4. The fraction of sp³-hybridized carbons (Fsp3) is 0.176. The molecule has 24 heavy (non-hydrogen) atoms. The number of aromatic nitrogens is 3. The Morgan fingerprint density at radius 3 is 2.54 bits per heavy atom. The minimum Gasteiger partial charge on any atom is -0.481 e. The summed E-state index contributed by atoms with van der Waals surface area (Å²) >= 11 is 0. The van der Waals surface area contributed by atoms with Crippen LogP contribution in [-0.4, -0.2) is 28.5 Å². The van der Waals surface area contributed by atoms with Gasteiger partial charge >= 0.3 is 0 Å². The second-order valence-corrected chi connectivity index (χ2v) is 4.99. The molecule has 0 atom stereocenters. The van der Waals surface area contributed by atoms with Gasteiger partial charge in [0.05, 0.1) is 12.7 Å². The van der Waals surface area contributed by atoms with Crippen molar-refractivity contribution in [1.29, 1.82) is 0 Å². The number of methoxy groups -OCH3 is 1. The predicted octanol–water partition coefficient (Wildman–Crippen LogP) is 2.84. The highest BCUT2D eigenvalue weighted by Crippen LogP contribution is 2.26. The van der Waals surface area contributed by atoms with E-state index in [2.05, 4.69) is 15.1 Å². The monoisotopic (exact) mass is 325 g/mol. The van der Waals surface area contributed by atoms with Crippen LogP contribution in [0.4, 0.5) is 0 Å². The molecule has 0 N–H and O–H groups in total. The van der Waals surface area contributed by atoms with Crippen molar-refractivity contribution >= 4 is 6.29 Å². The molecule has 3 rings (SSSR count). The molecule has 0 saturated heterocycles. The number of pyridine rings is 2. The van der Waals surface area contributed by atoms with E-state index in [4.69, 9.17) is 14.0 Å². The third-order valence-electron chi connectivity index (χ3n) is 3.46. The Labute approximate surface area is 138 Å². The molecule has 3 heterocycles. The van der Waals surface area contributed by atoms with E-state index < -0.39 is 0 Å². The molecule has 0 fully saturated rings. The highest BCUT2D eigenvalue weighted by atomic mass is 16.5. The van der Waals surface area contributed by atoms with Gasteiger partial charge in [0.15, 0.2) is 6.29 Å². The number of carbonyl (C=O) groups excluding carboxylic acids is 1. The summed E-state index contributed by atoms with van der Waals surface area (Å²) in [6.45, 7) is 2.05. The second kappa shape index (κ2) is 6.91. The lowest BCUT2D eigenvalue weighted by Crippen LogP contribution is -2.00. The molecular formula is C17H15N3O4. The van der Waals surface area contributed by atoms with Gasteiger partial charge in [-0.05, 0) is 19.1 Å². The van der Waals surface area contributed by atoms with Crippen LogP contribution in [0.5, 0.6) is 11.8 Å². The number of hydrogen-bond donors (Lipinski definition) is 0. The zero-order valence-corrected chi connectivity index (χ0v) is 13.2. The van der Waals surface area contributed by atoms with Gasteiger partial charge in [0, 0.05) is 35.7 Å². The van der Waals surface area contributed by atoms with Crippen LogP contribution in [0.3, 0.4) is 0 Å². The fourth-order valence-electron chi connectivity index (χ4n) is 2.12. The summed E-state index contributed by atoms with van der Waals surface area (Å²) in [4.78, 5) is 18.9. The first-order valence-corrected chi connectivity index (χ1v) is 7.21. The van der Waals surface area contributed by atoms with Gasteiger partial charge in [-0.1, -0.05) is 5.16 Å². The van der Waals surface area contributed by atoms with E-state index in [9.17, 15) is 4.79 Å². The molecular weight excluding hydrogens is 310 g/mol. The molecule has 7 nitrogen and oxygen atoms in total. The third kappa shape index (κ3) is 3.24. The Morgan fingerprint density at radius 1 is 1.12 bits per heavy atom. The molecule has 3 aromatic heterocycles. The van der Waals surface area contributed by atoms with Gasteiger partial charge in [-0.15, -0.1) is 0 Å². The zero-order valence-electron chi connectivity index (χ0n) is 13.2. The first-order valence-electron chi connectivity index (χ1n) is 7.21. The quantitative estimate of drug-likeness (QED) is 0.644. The van der Waals surface area contributed by atoms with Gasteiger partial charge in [-0.25, -0.2) is 9.97 Å². The molecule has 7 heteroatoms. The summed E-state index contributed by atoms with van der Waals surface area (Å²) in [5.74, 6) is 1.60. The van der Waals surface area contributed by atoms with Crippen LogP contribution in [0.2, 0.25) is 0 Å². The Hall–Kier alpha value is -3.22. The lowest BCUT2D eigenvalue weighted by atomic mass is 10.1. The molecule has 0 bridgehead atoms. The van der Waals surface area contributed by atoms with Crippen LogP contribution < -0.4 is 9.47 Å². The minimum atomic E-state index is 0.240. The van der Waals surface area contributed by atoms with E-state index >= 15 is 0 Å². The number of hydrogen-bond acceptors (Lipinski definition) is 7. The molecule has 0 radical (unpaired) electrons. The van der Waals surface area contributed by atoms with E-state index in [1.807, 2.05) is 13.0 Å². The minimum absolute atomic E-state index is 0.240. The number of carbonyl (C=O) groups is 1. The molecule has 0 aromatic carbocycles. The van der Waals surface area contributed by atoms with Gasteiger partial charge < -0.3 is 14.0 Å². The first kappa shape index (κ1) is 15.7. The van der Waals surface area contributed by atoms with Gasteiger partial charge in [0.1, 0.15) is 18.1 Å². The number of aryl methyl sites for hydroxylation is 1. The molecule has 0 spiro atoms. The number of nitrogens with zero attached hydrogens (tertiary/aromatic N) is 3. The average molecular weight is 325 g/mol. The molecule has 0 unspecified atom stereocenters. The van der Waals surface area contributed by atoms with Crippen LogP contribution in [0, 0.1) is 6.92 Å². The molecule has 122 valence electrons. The van der Waals surface area contributed by atoms with Crippen molar-refractivity contribution in [2.45, 2.75) is 13.5 Å². The molecule has 3 aromatic rings. The van der Waals surface area contributed by atoms with Crippen LogP contribution in [0.1, 0.15) is 21.7 Å². The summed E-state index contributed by atoms with van der Waals surface area (Å²) in [7, 11) is 1.56. The average Bonchev–Trinajstić information content (AvgIpc) is 3.01. The van der Waals surface area contributed by atoms with Crippen molar-refractivity contribution in [3.8, 4) is 23.0 Å². The molecule has 0 aliphatic rings. The van der Waals surface area contributed by atoms with E-state index in [1.54, 1.807) is 31.5 Å². The van der Waals surface area contributed by atoms with Crippen molar-refractivity contribution in [2.75, 3.05) is 7.11 Å². The summed E-state index contributed by atoms with van der Waals surface area (Å²) in [6.07, 6.45) is 3.85. The maximum absolute atomic E-state index is 10.6. The number of rotatable bonds is 6. The summed E-state index contributed by atoms with van der Waals surface area (Å²) in [6, 6.07) is 6.89. The van der Waals surface area contributed by atoms with Gasteiger partial charge in [-0.3, -0.25) is 4.79 Å². The van der Waals surface area contributed by atoms with Crippen molar-refractivity contribution in [3.63, 3.8) is 0 Å². The van der Waals surface area contributed by atoms with E-state index in [0.29, 0.717) is 28.8 Å². The Morgan fingerprint density at radius 2 is 1.92 bits per heavy atom. The summed E-state index contributed by atoms with van der Waals surface area (Å²) in [5, 5.41) is 4.08. The van der Waals surface area contributed by atoms with Gasteiger partial charge in [-0.2, -0.15) is 0 Å². The second-order valence-electron chi connectivity index (χ2n) is 4.99. The number of ether oxygens (including phenoxy) is 2. The van der Waals surface area contributed by atoms with Gasteiger partial charge in [0.2, 0.25) is 11.8 Å². The predicted molar refractivity (Wildman–Crippen MR) is 85.0 cm³/mol. The van der Waals surface area contributed by atoms with Crippen LogP contribution in [0.25, 0.3) is 11.3 Å². The first-order chi connectivity index (χ1) is 11.7. The van der Waals surface area contributed by atoms with Gasteiger partial charge in [0.25, 0.3) is 0 Å². The maximum Gasteiger partial charge on any atom is 0.213 e. The van der Waals surface area contributed by atoms with E-state index in [1.165, 1.54) is 6.20 Å². The van der Waals surface area contributed by atoms with Crippen LogP contribution in [0.15, 0.2) is 41.2 Å². The maximum atomic E-state index is 10.6. The van der Waals surface area contributed by atoms with E-state index in [0.717, 1.165) is 17.4 Å². The molecule has 0 amide bonds. The smallest absolute Gasteiger partial charge is 0.213 e. The van der Waals surface area contributed by atoms with Crippen molar-refractivity contribution < 1.29 is 18.8 Å². The standard InChI is InChI=1S/C17H15N3O4/c1-11-14(10-23-16-5-3-12(9-21)7-18-16)17(20-24-11)13-4-6-15(22-2)19-8-13/h3-9H,10H2,1-2H3. The largest absolute Gasteiger partial charge is 0.481 e. The highest BCUT2D eigenvalue weighted by molar-refractivity contribution is 5.74. The SMILES string of the molecule is COc1ccc(-c2noc(C)c2COc2ccc(C=O)cn2)cn1. The number of aldehydes is 1.